The highest BCUT2D eigenvalue weighted by molar-refractivity contribution is 5.81. The molecule has 0 saturated carbocycles. The van der Waals surface area contributed by atoms with Gasteiger partial charge < -0.3 is 21.1 Å². The number of carbonyl (C=O) groups excluding carboxylic acids is 1. The third kappa shape index (κ3) is 5.42. The summed E-state index contributed by atoms with van der Waals surface area (Å²) in [6.45, 7) is 7.10. The van der Waals surface area contributed by atoms with Crippen molar-refractivity contribution < 1.29 is 9.53 Å². The van der Waals surface area contributed by atoms with Crippen molar-refractivity contribution in [3.63, 3.8) is 0 Å². The number of fused-ring (bicyclic) bond motifs is 1. The second-order valence-corrected chi connectivity index (χ2v) is 8.52. The Kier molecular flexibility index (Phi) is 7.28. The standard InChI is InChI=1S/C25H31N7O3/c1-4-35-21-9-6-18(30-16(21)3)11-12-27-23-25(34)32-19(14-28-23)7-8-20(32)24(33)29-13-17-5-10-22(26)31-15(17)2/h5-6,9-10,14,20H,4,7-8,11-13H2,1-3H3,(H2,26,31)(H,27,28)(H,29,33)/t20-/m0/s1. The van der Waals surface area contributed by atoms with E-state index < -0.39 is 6.04 Å². The lowest BCUT2D eigenvalue weighted by molar-refractivity contribution is -0.124. The summed E-state index contributed by atoms with van der Waals surface area (Å²) in [5.41, 5.74) is 9.54. The molecule has 4 N–H and O–H groups in total. The van der Waals surface area contributed by atoms with E-state index in [4.69, 9.17) is 10.5 Å². The monoisotopic (exact) mass is 477 g/mol. The minimum atomic E-state index is -0.571. The van der Waals surface area contributed by atoms with Crippen molar-refractivity contribution in [1.29, 1.82) is 0 Å². The smallest absolute Gasteiger partial charge is 0.294 e. The van der Waals surface area contributed by atoms with Gasteiger partial charge in [-0.15, -0.1) is 0 Å². The largest absolute Gasteiger partial charge is 0.492 e. The van der Waals surface area contributed by atoms with Crippen LogP contribution in [0.25, 0.3) is 0 Å². The molecule has 10 heteroatoms. The zero-order valence-corrected chi connectivity index (χ0v) is 20.3. The molecule has 0 spiro atoms. The van der Waals surface area contributed by atoms with Gasteiger partial charge in [0, 0.05) is 42.8 Å². The number of anilines is 2. The van der Waals surface area contributed by atoms with E-state index in [1.807, 2.05) is 39.0 Å². The number of ether oxygens (including phenoxy) is 1. The van der Waals surface area contributed by atoms with Crippen LogP contribution in [0.3, 0.4) is 0 Å². The molecule has 0 unspecified atom stereocenters. The van der Waals surface area contributed by atoms with Crippen LogP contribution >= 0.6 is 0 Å². The summed E-state index contributed by atoms with van der Waals surface area (Å²) in [6.07, 6.45) is 3.47. The molecule has 1 aliphatic heterocycles. The third-order valence-corrected chi connectivity index (χ3v) is 6.10. The van der Waals surface area contributed by atoms with Crippen molar-refractivity contribution in [2.75, 3.05) is 24.2 Å². The van der Waals surface area contributed by atoms with Gasteiger partial charge in [0.05, 0.1) is 12.3 Å². The number of nitrogens with two attached hydrogens (primary N) is 1. The van der Waals surface area contributed by atoms with Crippen LogP contribution in [-0.4, -0.2) is 38.6 Å². The molecule has 10 nitrogen and oxygen atoms in total. The van der Waals surface area contributed by atoms with Gasteiger partial charge in [-0.2, -0.15) is 0 Å². The summed E-state index contributed by atoms with van der Waals surface area (Å²) in [4.78, 5) is 39.2. The molecule has 1 atom stereocenters. The van der Waals surface area contributed by atoms with E-state index in [1.54, 1.807) is 16.8 Å². The summed E-state index contributed by atoms with van der Waals surface area (Å²) in [5.74, 6) is 1.24. The average Bonchev–Trinajstić information content (AvgIpc) is 3.27. The number of aromatic nitrogens is 4. The van der Waals surface area contributed by atoms with Gasteiger partial charge in [0.2, 0.25) is 5.91 Å². The number of hydrogen-bond acceptors (Lipinski definition) is 8. The number of aryl methyl sites for hydroxylation is 3. The Morgan fingerprint density at radius 1 is 1.20 bits per heavy atom. The summed E-state index contributed by atoms with van der Waals surface area (Å²) in [6, 6.07) is 6.81. The first-order chi connectivity index (χ1) is 16.9. The van der Waals surface area contributed by atoms with Gasteiger partial charge in [0.1, 0.15) is 17.6 Å². The lowest BCUT2D eigenvalue weighted by Gasteiger charge is -2.16. The minimum Gasteiger partial charge on any atom is -0.492 e. The maximum Gasteiger partial charge on any atom is 0.294 e. The van der Waals surface area contributed by atoms with Crippen molar-refractivity contribution in [2.24, 2.45) is 0 Å². The number of amides is 1. The Balaban J connectivity index is 1.40. The molecule has 184 valence electrons. The van der Waals surface area contributed by atoms with Crippen LogP contribution in [0.2, 0.25) is 0 Å². The van der Waals surface area contributed by atoms with Crippen molar-refractivity contribution in [2.45, 2.75) is 52.6 Å². The minimum absolute atomic E-state index is 0.201. The van der Waals surface area contributed by atoms with Crippen molar-refractivity contribution in [3.8, 4) is 5.75 Å². The Labute approximate surface area is 204 Å². The van der Waals surface area contributed by atoms with Gasteiger partial charge in [-0.05, 0) is 57.4 Å². The number of pyridine rings is 2. The first-order valence-corrected chi connectivity index (χ1v) is 11.8. The van der Waals surface area contributed by atoms with Crippen LogP contribution in [0.15, 0.2) is 35.3 Å². The number of nitrogens with one attached hydrogen (secondary N) is 2. The molecule has 0 bridgehead atoms. The van der Waals surface area contributed by atoms with Gasteiger partial charge in [-0.3, -0.25) is 19.1 Å². The molecule has 3 aromatic heterocycles. The van der Waals surface area contributed by atoms with E-state index in [-0.39, 0.29) is 17.3 Å². The van der Waals surface area contributed by atoms with Crippen LogP contribution in [0.4, 0.5) is 11.6 Å². The van der Waals surface area contributed by atoms with Crippen molar-refractivity contribution in [3.05, 3.63) is 69.2 Å². The molecule has 0 saturated heterocycles. The number of rotatable bonds is 9. The highest BCUT2D eigenvalue weighted by Crippen LogP contribution is 2.24. The summed E-state index contributed by atoms with van der Waals surface area (Å²) in [7, 11) is 0. The second-order valence-electron chi connectivity index (χ2n) is 8.52. The average molecular weight is 478 g/mol. The summed E-state index contributed by atoms with van der Waals surface area (Å²) in [5, 5.41) is 6.05. The van der Waals surface area contributed by atoms with Crippen molar-refractivity contribution in [1.82, 2.24) is 24.8 Å². The molecule has 0 aliphatic carbocycles. The number of nitrogen functional groups attached to an aromatic ring is 1. The van der Waals surface area contributed by atoms with E-state index >= 15 is 0 Å². The molecule has 0 fully saturated rings. The SMILES string of the molecule is CCOc1ccc(CCNc2ncc3n(c2=O)[C@H](C(=O)NCc2ccc(N)nc2C)CC3)nc1C. The first kappa shape index (κ1) is 24.2. The Morgan fingerprint density at radius 3 is 2.77 bits per heavy atom. The summed E-state index contributed by atoms with van der Waals surface area (Å²) < 4.78 is 7.09. The van der Waals surface area contributed by atoms with E-state index in [0.717, 1.165) is 34.1 Å². The van der Waals surface area contributed by atoms with Gasteiger partial charge in [0.15, 0.2) is 5.82 Å². The zero-order valence-electron chi connectivity index (χ0n) is 20.3. The molecule has 1 amide bonds. The molecule has 1 aliphatic rings. The number of nitrogens with zero attached hydrogens (tertiary/aromatic N) is 4. The fourth-order valence-corrected chi connectivity index (χ4v) is 4.26. The topological polar surface area (TPSA) is 137 Å². The molecular weight excluding hydrogens is 446 g/mol. The first-order valence-electron chi connectivity index (χ1n) is 11.8. The van der Waals surface area contributed by atoms with Crippen LogP contribution in [0.5, 0.6) is 5.75 Å². The van der Waals surface area contributed by atoms with Gasteiger partial charge in [-0.1, -0.05) is 6.07 Å². The molecule has 3 aromatic rings. The normalized spacial score (nSPS) is 14.4. The van der Waals surface area contributed by atoms with Gasteiger partial charge in [-0.25, -0.2) is 9.97 Å². The molecular formula is C25H31N7O3. The molecule has 0 radical (unpaired) electrons. The van der Waals surface area contributed by atoms with E-state index in [9.17, 15) is 9.59 Å². The Bertz CT molecular complexity index is 1290. The van der Waals surface area contributed by atoms with Gasteiger partial charge in [0.25, 0.3) is 5.56 Å². The van der Waals surface area contributed by atoms with Crippen LogP contribution in [0.1, 0.15) is 47.7 Å². The highest BCUT2D eigenvalue weighted by atomic mass is 16.5. The van der Waals surface area contributed by atoms with E-state index in [2.05, 4.69) is 25.6 Å². The zero-order chi connectivity index (χ0) is 24.9. The number of hydrogen-bond donors (Lipinski definition) is 3. The highest BCUT2D eigenvalue weighted by Gasteiger charge is 2.30. The molecule has 4 rings (SSSR count). The second kappa shape index (κ2) is 10.5. The van der Waals surface area contributed by atoms with Crippen LogP contribution < -0.4 is 26.7 Å². The van der Waals surface area contributed by atoms with Crippen molar-refractivity contribution >= 4 is 17.5 Å². The van der Waals surface area contributed by atoms with E-state index in [1.165, 1.54) is 0 Å². The lowest BCUT2D eigenvalue weighted by atomic mass is 10.1. The van der Waals surface area contributed by atoms with Crippen LogP contribution in [0, 0.1) is 13.8 Å². The molecule has 0 aromatic carbocycles. The Morgan fingerprint density at radius 2 is 2.03 bits per heavy atom. The quantitative estimate of drug-likeness (QED) is 0.426. The fraction of sp³-hybridized carbons (Fsp3) is 0.400. The van der Waals surface area contributed by atoms with E-state index in [0.29, 0.717) is 44.8 Å². The predicted molar refractivity (Wildman–Crippen MR) is 133 cm³/mol. The predicted octanol–water partition coefficient (Wildman–Crippen LogP) is 2.09. The van der Waals surface area contributed by atoms with Gasteiger partial charge >= 0.3 is 0 Å². The van der Waals surface area contributed by atoms with Crippen LogP contribution in [-0.2, 0) is 24.2 Å². The third-order valence-electron chi connectivity index (χ3n) is 6.10. The number of carbonyl (C=O) groups is 1. The summed E-state index contributed by atoms with van der Waals surface area (Å²) >= 11 is 0. The fourth-order valence-electron chi connectivity index (χ4n) is 4.26. The Hall–Kier alpha value is -3.95. The maximum absolute atomic E-state index is 13.2. The maximum atomic E-state index is 13.2. The lowest BCUT2D eigenvalue weighted by Crippen LogP contribution is -2.36. The molecule has 35 heavy (non-hydrogen) atoms. The molecule has 4 heterocycles.